The number of allylic oxidation sites excluding steroid dienone is 8. The van der Waals surface area contributed by atoms with Crippen molar-refractivity contribution >= 4 is 0 Å². The van der Waals surface area contributed by atoms with Gasteiger partial charge < -0.3 is 0 Å². The van der Waals surface area contributed by atoms with E-state index in [9.17, 15) is 0 Å². The zero-order valence-corrected chi connectivity index (χ0v) is 14.7. The molecule has 0 fully saturated rings. The average molecular weight is 305 g/mol. The number of nitrogens with zero attached hydrogens (tertiary/aromatic N) is 1. The zero-order valence-electron chi connectivity index (χ0n) is 14.7. The summed E-state index contributed by atoms with van der Waals surface area (Å²) in [7, 11) is 0. The fourth-order valence-corrected chi connectivity index (χ4v) is 1.61. The van der Waals surface area contributed by atoms with E-state index in [0.29, 0.717) is 11.5 Å². The molecule has 1 heteroatoms. The average Bonchev–Trinajstić information content (AvgIpc) is 2.52. The molecular formula is C22H27N. The molecule has 0 bridgehead atoms. The number of hydrogen-bond acceptors (Lipinski definition) is 1. The monoisotopic (exact) mass is 305 g/mol. The molecule has 0 aliphatic rings. The summed E-state index contributed by atoms with van der Waals surface area (Å²) >= 11 is 0. The lowest BCUT2D eigenvalue weighted by molar-refractivity contribution is 0.531. The van der Waals surface area contributed by atoms with Crippen molar-refractivity contribution in [1.29, 1.82) is 5.26 Å². The van der Waals surface area contributed by atoms with Crippen molar-refractivity contribution in [3.8, 4) is 17.9 Å². The third-order valence-electron chi connectivity index (χ3n) is 3.34. The van der Waals surface area contributed by atoms with E-state index in [0.717, 1.165) is 29.6 Å². The third kappa shape index (κ3) is 10.8. The first kappa shape index (κ1) is 20.5. The Bertz CT molecular complexity index is 623. The van der Waals surface area contributed by atoms with Crippen LogP contribution in [-0.2, 0) is 0 Å². The van der Waals surface area contributed by atoms with Crippen LogP contribution >= 0.6 is 0 Å². The highest BCUT2D eigenvalue weighted by Crippen LogP contribution is 2.19. The van der Waals surface area contributed by atoms with Crippen LogP contribution in [0.2, 0.25) is 0 Å². The molecule has 0 aromatic heterocycles. The number of rotatable bonds is 8. The van der Waals surface area contributed by atoms with E-state index in [4.69, 9.17) is 5.26 Å². The van der Waals surface area contributed by atoms with Crippen LogP contribution < -0.4 is 0 Å². The van der Waals surface area contributed by atoms with Crippen molar-refractivity contribution in [2.24, 2.45) is 11.8 Å². The second-order valence-corrected chi connectivity index (χ2v) is 5.90. The van der Waals surface area contributed by atoms with Crippen LogP contribution in [-0.4, -0.2) is 0 Å². The molecule has 0 amide bonds. The molecule has 0 rings (SSSR count). The highest BCUT2D eigenvalue weighted by Gasteiger charge is 2.07. The largest absolute Gasteiger partial charge is 0.198 e. The lowest BCUT2D eigenvalue weighted by Crippen LogP contribution is -2.00. The number of hydrogen-bond donors (Lipinski definition) is 0. The van der Waals surface area contributed by atoms with Crippen LogP contribution in [0.3, 0.4) is 0 Å². The normalized spacial score (nSPS) is 13.0. The standard InChI is InChI=1S/C22H27N/c1-17(2)8-9-18(3)10-11-19(4)12-14-21(6)22(7)15-13-20(5)16-23/h8-9,12,14,20,22H,1,3-4,6,13,15H2,2,5,7H3/b9-8-,14-12-. The van der Waals surface area contributed by atoms with Crippen molar-refractivity contribution < 1.29 is 0 Å². The molecule has 0 spiro atoms. The highest BCUT2D eigenvalue weighted by molar-refractivity contribution is 5.46. The third-order valence-corrected chi connectivity index (χ3v) is 3.34. The maximum absolute atomic E-state index is 8.80. The minimum atomic E-state index is 0.0910. The molecule has 0 saturated carbocycles. The minimum absolute atomic E-state index is 0.0910. The Morgan fingerprint density at radius 2 is 1.43 bits per heavy atom. The summed E-state index contributed by atoms with van der Waals surface area (Å²) in [6, 6.07) is 2.25. The Morgan fingerprint density at radius 3 is 1.91 bits per heavy atom. The van der Waals surface area contributed by atoms with Crippen molar-refractivity contribution in [3.63, 3.8) is 0 Å². The molecule has 0 aromatic rings. The van der Waals surface area contributed by atoms with Crippen LogP contribution in [0, 0.1) is 35.0 Å². The summed E-state index contributed by atoms with van der Waals surface area (Å²) < 4.78 is 0. The summed E-state index contributed by atoms with van der Waals surface area (Å²) in [4.78, 5) is 0. The predicted molar refractivity (Wildman–Crippen MR) is 101 cm³/mol. The van der Waals surface area contributed by atoms with Crippen LogP contribution in [0.5, 0.6) is 0 Å². The van der Waals surface area contributed by atoms with E-state index in [1.54, 1.807) is 0 Å². The van der Waals surface area contributed by atoms with Gasteiger partial charge in [0.25, 0.3) is 0 Å². The SMILES string of the molecule is C=C(C)/C=C\C(=C)C#CC(=C)/C=C\C(=C)C(C)CCC(C)C#N. The summed E-state index contributed by atoms with van der Waals surface area (Å²) in [5, 5.41) is 8.80. The summed E-state index contributed by atoms with van der Waals surface area (Å²) in [6.07, 6.45) is 9.38. The predicted octanol–water partition coefficient (Wildman–Crippen LogP) is 5.92. The van der Waals surface area contributed by atoms with Gasteiger partial charge in [-0.05, 0) is 44.8 Å². The molecule has 0 aliphatic heterocycles. The fraction of sp³-hybridized carbons (Fsp3) is 0.318. The molecule has 2 atom stereocenters. The van der Waals surface area contributed by atoms with E-state index < -0.39 is 0 Å². The topological polar surface area (TPSA) is 23.8 Å². The minimum Gasteiger partial charge on any atom is -0.198 e. The van der Waals surface area contributed by atoms with Crippen LogP contribution in [0.15, 0.2) is 72.9 Å². The Hall–Kier alpha value is -2.51. The van der Waals surface area contributed by atoms with Gasteiger partial charge in [0.1, 0.15) is 0 Å². The lowest BCUT2D eigenvalue weighted by atomic mass is 9.93. The Kier molecular flexibility index (Phi) is 9.90. The molecule has 0 aromatic carbocycles. The van der Waals surface area contributed by atoms with Gasteiger partial charge in [-0.25, -0.2) is 0 Å². The van der Waals surface area contributed by atoms with Gasteiger partial charge in [0.2, 0.25) is 0 Å². The summed E-state index contributed by atoms with van der Waals surface area (Å²) in [5.74, 6) is 6.35. The summed E-state index contributed by atoms with van der Waals surface area (Å²) in [6.45, 7) is 21.6. The maximum atomic E-state index is 8.80. The van der Waals surface area contributed by atoms with E-state index >= 15 is 0 Å². The maximum Gasteiger partial charge on any atom is 0.0652 e. The highest BCUT2D eigenvalue weighted by atomic mass is 14.3. The van der Waals surface area contributed by atoms with Gasteiger partial charge in [-0.3, -0.25) is 0 Å². The van der Waals surface area contributed by atoms with Crippen molar-refractivity contribution in [1.82, 2.24) is 0 Å². The molecule has 120 valence electrons. The van der Waals surface area contributed by atoms with Gasteiger partial charge in [-0.2, -0.15) is 5.26 Å². The first-order chi connectivity index (χ1) is 10.8. The first-order valence-electron chi connectivity index (χ1n) is 7.76. The molecule has 0 heterocycles. The van der Waals surface area contributed by atoms with Crippen molar-refractivity contribution in [2.45, 2.75) is 33.6 Å². The molecule has 23 heavy (non-hydrogen) atoms. The molecule has 2 unspecified atom stereocenters. The van der Waals surface area contributed by atoms with Crippen LogP contribution in [0.1, 0.15) is 33.6 Å². The van der Waals surface area contributed by atoms with Gasteiger partial charge in [-0.15, -0.1) is 0 Å². The second-order valence-electron chi connectivity index (χ2n) is 5.90. The number of nitriles is 1. The van der Waals surface area contributed by atoms with E-state index in [2.05, 4.69) is 51.1 Å². The van der Waals surface area contributed by atoms with Gasteiger partial charge in [0.05, 0.1) is 6.07 Å². The first-order valence-corrected chi connectivity index (χ1v) is 7.76. The molecule has 0 N–H and O–H groups in total. The molecular weight excluding hydrogens is 278 g/mol. The smallest absolute Gasteiger partial charge is 0.0652 e. The fourth-order valence-electron chi connectivity index (χ4n) is 1.61. The van der Waals surface area contributed by atoms with E-state index in [1.165, 1.54) is 0 Å². The second kappa shape index (κ2) is 11.1. The summed E-state index contributed by atoms with van der Waals surface area (Å²) in [5.41, 5.74) is 3.43. The van der Waals surface area contributed by atoms with Gasteiger partial charge in [0.15, 0.2) is 0 Å². The molecule has 0 aliphatic carbocycles. The van der Waals surface area contributed by atoms with Crippen LogP contribution in [0.25, 0.3) is 0 Å². The molecule has 1 nitrogen and oxygen atoms in total. The quantitative estimate of drug-likeness (QED) is 0.403. The Morgan fingerprint density at radius 1 is 0.913 bits per heavy atom. The van der Waals surface area contributed by atoms with Crippen molar-refractivity contribution in [2.75, 3.05) is 0 Å². The Labute approximate surface area is 142 Å². The molecule has 0 saturated heterocycles. The van der Waals surface area contributed by atoms with E-state index in [1.807, 2.05) is 38.2 Å². The van der Waals surface area contributed by atoms with Gasteiger partial charge in [-0.1, -0.05) is 68.4 Å². The lowest BCUT2D eigenvalue weighted by Gasteiger charge is -2.12. The van der Waals surface area contributed by atoms with E-state index in [-0.39, 0.29) is 5.92 Å². The Balaban J connectivity index is 4.47. The van der Waals surface area contributed by atoms with Gasteiger partial charge in [0, 0.05) is 17.1 Å². The van der Waals surface area contributed by atoms with Gasteiger partial charge >= 0.3 is 0 Å². The van der Waals surface area contributed by atoms with Crippen LogP contribution in [0.4, 0.5) is 0 Å². The van der Waals surface area contributed by atoms with Crippen molar-refractivity contribution in [3.05, 3.63) is 72.9 Å². The molecule has 0 radical (unpaired) electrons. The zero-order chi connectivity index (χ0) is 17.8.